The van der Waals surface area contributed by atoms with Crippen LogP contribution in [0.1, 0.15) is 25.3 Å². The van der Waals surface area contributed by atoms with E-state index >= 15 is 0 Å². The van der Waals surface area contributed by atoms with Crippen molar-refractivity contribution < 1.29 is 5.11 Å². The van der Waals surface area contributed by atoms with Crippen LogP contribution >= 0.6 is 0 Å². The monoisotopic (exact) mass is 235 g/mol. The Labute approximate surface area is 102 Å². The average molecular weight is 235 g/mol. The zero-order valence-corrected chi connectivity index (χ0v) is 10.3. The molecule has 1 fully saturated rings. The summed E-state index contributed by atoms with van der Waals surface area (Å²) in [6.07, 6.45) is 4.55. The number of nitrogens with zero attached hydrogens (tertiary/aromatic N) is 1. The minimum Gasteiger partial charge on any atom is -0.389 e. The number of aliphatic hydroxyl groups is 1. The molecule has 4 nitrogen and oxygen atoms in total. The molecule has 2 atom stereocenters. The van der Waals surface area contributed by atoms with E-state index in [2.05, 4.69) is 10.3 Å². The van der Waals surface area contributed by atoms with Crippen LogP contribution in [-0.2, 0) is 6.42 Å². The molecule has 0 saturated carbocycles. The van der Waals surface area contributed by atoms with Gasteiger partial charge in [0.15, 0.2) is 0 Å². The highest BCUT2D eigenvalue weighted by molar-refractivity contribution is 5.32. The van der Waals surface area contributed by atoms with Crippen LogP contribution in [0.3, 0.4) is 0 Å². The third kappa shape index (κ3) is 3.17. The van der Waals surface area contributed by atoms with Gasteiger partial charge in [-0.2, -0.15) is 0 Å². The highest BCUT2D eigenvalue weighted by atomic mass is 16.3. The Morgan fingerprint density at radius 3 is 3.12 bits per heavy atom. The summed E-state index contributed by atoms with van der Waals surface area (Å²) >= 11 is 0. The number of nitrogen functional groups attached to an aromatic ring is 1. The van der Waals surface area contributed by atoms with Gasteiger partial charge >= 0.3 is 0 Å². The Bertz CT molecular complexity index is 373. The summed E-state index contributed by atoms with van der Waals surface area (Å²) in [6, 6.07) is 3.76. The Kier molecular flexibility index (Phi) is 3.64. The second-order valence-electron chi connectivity index (χ2n) is 5.17. The van der Waals surface area contributed by atoms with Crippen molar-refractivity contribution in [3.63, 3.8) is 0 Å². The molecule has 1 aliphatic rings. The molecule has 0 radical (unpaired) electrons. The molecule has 0 spiro atoms. The Morgan fingerprint density at radius 2 is 2.47 bits per heavy atom. The number of piperidine rings is 1. The minimum absolute atomic E-state index is 0.311. The van der Waals surface area contributed by atoms with E-state index in [1.165, 1.54) is 0 Å². The van der Waals surface area contributed by atoms with Crippen LogP contribution in [0.2, 0.25) is 0 Å². The first-order chi connectivity index (χ1) is 8.08. The standard InChI is InChI=1S/C13H21N3O/c1-13(17,11-3-2-5-15-9-11)8-10-4-6-16-12(14)7-10/h4,6-7,11,15,17H,2-3,5,8-9H2,1H3,(H2,14,16). The summed E-state index contributed by atoms with van der Waals surface area (Å²) in [4.78, 5) is 3.97. The topological polar surface area (TPSA) is 71.2 Å². The van der Waals surface area contributed by atoms with Gasteiger partial charge in [-0.3, -0.25) is 0 Å². The van der Waals surface area contributed by atoms with Crippen LogP contribution in [0.25, 0.3) is 0 Å². The molecule has 0 bridgehead atoms. The smallest absolute Gasteiger partial charge is 0.123 e. The van der Waals surface area contributed by atoms with Crippen LogP contribution in [0, 0.1) is 5.92 Å². The van der Waals surface area contributed by atoms with Crippen molar-refractivity contribution in [2.45, 2.75) is 31.8 Å². The third-order valence-corrected chi connectivity index (χ3v) is 3.58. The predicted molar refractivity (Wildman–Crippen MR) is 68.6 cm³/mol. The minimum atomic E-state index is -0.679. The van der Waals surface area contributed by atoms with E-state index in [0.29, 0.717) is 18.2 Å². The first-order valence-corrected chi connectivity index (χ1v) is 6.21. The van der Waals surface area contributed by atoms with Gasteiger partial charge in [0.1, 0.15) is 5.82 Å². The average Bonchev–Trinajstić information content (AvgIpc) is 2.29. The lowest BCUT2D eigenvalue weighted by molar-refractivity contribution is -0.0102. The van der Waals surface area contributed by atoms with Crippen molar-refractivity contribution in [3.05, 3.63) is 23.9 Å². The van der Waals surface area contributed by atoms with E-state index in [4.69, 9.17) is 5.73 Å². The molecule has 1 saturated heterocycles. The lowest BCUT2D eigenvalue weighted by Crippen LogP contribution is -2.45. The van der Waals surface area contributed by atoms with Gasteiger partial charge in [0.25, 0.3) is 0 Å². The van der Waals surface area contributed by atoms with Crippen molar-refractivity contribution in [2.24, 2.45) is 5.92 Å². The summed E-state index contributed by atoms with van der Waals surface area (Å²) in [5, 5.41) is 13.9. The molecule has 94 valence electrons. The molecule has 17 heavy (non-hydrogen) atoms. The van der Waals surface area contributed by atoms with Gasteiger partial charge in [0.2, 0.25) is 0 Å². The lowest BCUT2D eigenvalue weighted by atomic mass is 9.80. The van der Waals surface area contributed by atoms with Crippen LogP contribution < -0.4 is 11.1 Å². The fraction of sp³-hybridized carbons (Fsp3) is 0.615. The van der Waals surface area contributed by atoms with Gasteiger partial charge in [-0.25, -0.2) is 4.98 Å². The van der Waals surface area contributed by atoms with E-state index in [1.807, 2.05) is 19.1 Å². The van der Waals surface area contributed by atoms with Crippen molar-refractivity contribution in [1.82, 2.24) is 10.3 Å². The van der Waals surface area contributed by atoms with Crippen LogP contribution in [0.4, 0.5) is 5.82 Å². The van der Waals surface area contributed by atoms with E-state index < -0.39 is 5.60 Å². The second kappa shape index (κ2) is 5.02. The third-order valence-electron chi connectivity index (χ3n) is 3.58. The molecule has 4 heteroatoms. The molecule has 1 aliphatic heterocycles. The van der Waals surface area contributed by atoms with Gasteiger partial charge < -0.3 is 16.2 Å². The number of pyridine rings is 1. The molecule has 0 amide bonds. The maximum Gasteiger partial charge on any atom is 0.123 e. The number of nitrogens with one attached hydrogen (secondary N) is 1. The van der Waals surface area contributed by atoms with E-state index in [9.17, 15) is 5.11 Å². The van der Waals surface area contributed by atoms with Crippen LogP contribution in [0.5, 0.6) is 0 Å². The lowest BCUT2D eigenvalue weighted by Gasteiger charge is -2.36. The van der Waals surface area contributed by atoms with Gasteiger partial charge in [-0.15, -0.1) is 0 Å². The van der Waals surface area contributed by atoms with Crippen molar-refractivity contribution in [3.8, 4) is 0 Å². The van der Waals surface area contributed by atoms with E-state index in [0.717, 1.165) is 31.5 Å². The fourth-order valence-corrected chi connectivity index (χ4v) is 2.54. The quantitative estimate of drug-likeness (QED) is 0.729. The summed E-state index contributed by atoms with van der Waals surface area (Å²) in [7, 11) is 0. The second-order valence-corrected chi connectivity index (χ2v) is 5.17. The number of nitrogens with two attached hydrogens (primary N) is 1. The molecular weight excluding hydrogens is 214 g/mol. The highest BCUT2D eigenvalue weighted by Gasteiger charge is 2.32. The Hall–Kier alpha value is -1.13. The first kappa shape index (κ1) is 12.3. The molecule has 0 aliphatic carbocycles. The molecule has 2 rings (SSSR count). The van der Waals surface area contributed by atoms with E-state index in [1.54, 1.807) is 6.20 Å². The van der Waals surface area contributed by atoms with Crippen molar-refractivity contribution in [2.75, 3.05) is 18.8 Å². The summed E-state index contributed by atoms with van der Waals surface area (Å²) in [6.45, 7) is 3.88. The molecule has 1 aromatic heterocycles. The predicted octanol–water partition coefficient (Wildman–Crippen LogP) is 0.957. The van der Waals surface area contributed by atoms with Crippen molar-refractivity contribution >= 4 is 5.82 Å². The van der Waals surface area contributed by atoms with Gasteiger partial charge in [0.05, 0.1) is 5.60 Å². The first-order valence-electron chi connectivity index (χ1n) is 6.21. The number of rotatable bonds is 3. The number of anilines is 1. The SMILES string of the molecule is CC(O)(Cc1ccnc(N)c1)C1CCCNC1. The Balaban J connectivity index is 2.05. The largest absolute Gasteiger partial charge is 0.389 e. The van der Waals surface area contributed by atoms with Gasteiger partial charge in [-0.05, 0) is 44.0 Å². The van der Waals surface area contributed by atoms with Gasteiger partial charge in [0, 0.05) is 25.1 Å². The number of hydrogen-bond acceptors (Lipinski definition) is 4. The number of hydrogen-bond donors (Lipinski definition) is 3. The molecule has 2 heterocycles. The molecule has 1 aromatic rings. The zero-order chi connectivity index (χ0) is 12.3. The van der Waals surface area contributed by atoms with Crippen LogP contribution in [0.15, 0.2) is 18.3 Å². The molecule has 2 unspecified atom stereocenters. The Morgan fingerprint density at radius 1 is 1.65 bits per heavy atom. The fourth-order valence-electron chi connectivity index (χ4n) is 2.54. The maximum atomic E-state index is 10.6. The highest BCUT2D eigenvalue weighted by Crippen LogP contribution is 2.27. The zero-order valence-electron chi connectivity index (χ0n) is 10.3. The van der Waals surface area contributed by atoms with Crippen LogP contribution in [-0.4, -0.2) is 28.8 Å². The van der Waals surface area contributed by atoms with Crippen molar-refractivity contribution in [1.29, 1.82) is 0 Å². The summed E-state index contributed by atoms with van der Waals surface area (Å²) in [5.74, 6) is 0.825. The van der Waals surface area contributed by atoms with Gasteiger partial charge in [-0.1, -0.05) is 0 Å². The molecule has 0 aromatic carbocycles. The maximum absolute atomic E-state index is 10.6. The summed E-state index contributed by atoms with van der Waals surface area (Å²) < 4.78 is 0. The van der Waals surface area contributed by atoms with E-state index in [-0.39, 0.29) is 0 Å². The molecule has 4 N–H and O–H groups in total. The summed E-state index contributed by atoms with van der Waals surface area (Å²) in [5.41, 5.74) is 6.02. The normalized spacial score (nSPS) is 24.2. The molecular formula is C13H21N3O. The number of aromatic nitrogens is 1.